The van der Waals surface area contributed by atoms with Crippen molar-refractivity contribution in [1.82, 2.24) is 4.90 Å². The van der Waals surface area contributed by atoms with E-state index in [1.165, 1.54) is 10.4 Å². The summed E-state index contributed by atoms with van der Waals surface area (Å²) >= 11 is 1.71. The molecule has 0 unspecified atom stereocenters. The lowest BCUT2D eigenvalue weighted by atomic mass is 9.93. The third-order valence-electron chi connectivity index (χ3n) is 6.59. The largest absolute Gasteiger partial charge is 0.481 e. The molecule has 1 aliphatic heterocycles. The predicted octanol–water partition coefficient (Wildman–Crippen LogP) is 4.79. The number of carboxylic acid groups (broad SMARTS) is 1. The number of hydrogen-bond acceptors (Lipinski definition) is 6. The fourth-order valence-electron chi connectivity index (χ4n) is 4.91. The molecule has 1 aliphatic carbocycles. The number of ketones is 1. The zero-order valence-corrected chi connectivity index (χ0v) is 20.3. The number of carbonyl (C=O) groups excluding carboxylic acids is 1. The Labute approximate surface area is 205 Å². The summed E-state index contributed by atoms with van der Waals surface area (Å²) in [6.45, 7) is 3.38. The van der Waals surface area contributed by atoms with Crippen molar-refractivity contribution in [1.29, 1.82) is 0 Å². The summed E-state index contributed by atoms with van der Waals surface area (Å²) in [5, 5.41) is 10.9. The van der Waals surface area contributed by atoms with Gasteiger partial charge in [-0.25, -0.2) is 0 Å². The van der Waals surface area contributed by atoms with Crippen molar-refractivity contribution in [3.63, 3.8) is 0 Å². The number of ether oxygens (including phenoxy) is 2. The van der Waals surface area contributed by atoms with E-state index in [2.05, 4.69) is 28.5 Å². The van der Waals surface area contributed by atoms with Crippen LogP contribution in [0.2, 0.25) is 0 Å². The van der Waals surface area contributed by atoms with E-state index in [1.807, 2.05) is 30.4 Å². The van der Waals surface area contributed by atoms with E-state index >= 15 is 0 Å². The Balaban J connectivity index is 1.39. The SMILES string of the molecule is O=C(O)CC/C=C\CC[C@H]1[C@@H](OCc2csc(-c3ccccc3)c2)CC(=O)[C@@H]1N1CCOCC1. The molecular formula is C27H33NO5S. The van der Waals surface area contributed by atoms with Crippen molar-refractivity contribution in [2.75, 3.05) is 26.3 Å². The second-order valence-corrected chi connectivity index (χ2v) is 9.85. The molecule has 2 aliphatic rings. The minimum absolute atomic E-state index is 0.104. The van der Waals surface area contributed by atoms with Crippen molar-refractivity contribution in [3.8, 4) is 10.4 Å². The van der Waals surface area contributed by atoms with Gasteiger partial charge < -0.3 is 14.6 Å². The Kier molecular flexibility index (Phi) is 9.04. The van der Waals surface area contributed by atoms with Gasteiger partial charge in [-0.2, -0.15) is 0 Å². The lowest BCUT2D eigenvalue weighted by Crippen LogP contribution is -2.49. The maximum atomic E-state index is 13.1. The second-order valence-electron chi connectivity index (χ2n) is 8.94. The van der Waals surface area contributed by atoms with Gasteiger partial charge in [0.1, 0.15) is 0 Å². The number of hydrogen-bond donors (Lipinski definition) is 1. The highest BCUT2D eigenvalue weighted by atomic mass is 32.1. The molecule has 2 aromatic rings. The average Bonchev–Trinajstić information content (AvgIpc) is 3.45. The van der Waals surface area contributed by atoms with Gasteiger partial charge in [0.2, 0.25) is 0 Å². The average molecular weight is 484 g/mol. The highest BCUT2D eigenvalue weighted by Crippen LogP contribution is 2.35. The zero-order valence-electron chi connectivity index (χ0n) is 19.4. The highest BCUT2D eigenvalue weighted by Gasteiger charge is 2.45. The topological polar surface area (TPSA) is 76.1 Å². The summed E-state index contributed by atoms with van der Waals surface area (Å²) in [4.78, 5) is 27.3. The summed E-state index contributed by atoms with van der Waals surface area (Å²) < 4.78 is 11.9. The van der Waals surface area contributed by atoms with E-state index in [0.29, 0.717) is 32.7 Å². The van der Waals surface area contributed by atoms with Crippen LogP contribution in [0.25, 0.3) is 10.4 Å². The maximum Gasteiger partial charge on any atom is 0.303 e. The van der Waals surface area contributed by atoms with Gasteiger partial charge in [-0.1, -0.05) is 42.5 Å². The molecule has 0 spiro atoms. The van der Waals surface area contributed by atoms with Crippen LogP contribution >= 0.6 is 11.3 Å². The molecule has 1 saturated heterocycles. The Morgan fingerprint density at radius 2 is 1.94 bits per heavy atom. The van der Waals surface area contributed by atoms with Gasteiger partial charge >= 0.3 is 5.97 Å². The smallest absolute Gasteiger partial charge is 0.303 e. The predicted molar refractivity (Wildman–Crippen MR) is 133 cm³/mol. The Morgan fingerprint density at radius 3 is 2.71 bits per heavy atom. The number of Topliss-reactive ketones (excluding diaryl/α,β-unsaturated/α-hetero) is 1. The van der Waals surface area contributed by atoms with Crippen molar-refractivity contribution in [2.24, 2.45) is 5.92 Å². The minimum atomic E-state index is -0.782. The molecule has 4 rings (SSSR count). The van der Waals surface area contributed by atoms with Crippen LogP contribution in [0, 0.1) is 5.92 Å². The summed E-state index contributed by atoms with van der Waals surface area (Å²) in [7, 11) is 0. The van der Waals surface area contributed by atoms with Crippen LogP contribution in [-0.4, -0.2) is 60.2 Å². The van der Waals surface area contributed by atoms with Gasteiger partial charge in [-0.3, -0.25) is 14.5 Å². The van der Waals surface area contributed by atoms with Gasteiger partial charge in [-0.15, -0.1) is 11.3 Å². The molecule has 0 bridgehead atoms. The Bertz CT molecular complexity index is 966. The molecule has 1 N–H and O–H groups in total. The van der Waals surface area contributed by atoms with Crippen molar-refractivity contribution in [2.45, 2.75) is 50.9 Å². The van der Waals surface area contributed by atoms with E-state index in [4.69, 9.17) is 14.6 Å². The fraction of sp³-hybridized carbons (Fsp3) is 0.481. The molecule has 1 aromatic carbocycles. The molecule has 3 atom stereocenters. The number of thiophene rings is 1. The van der Waals surface area contributed by atoms with Gasteiger partial charge in [0.05, 0.1) is 32.0 Å². The second kappa shape index (κ2) is 12.4. The molecule has 2 fully saturated rings. The maximum absolute atomic E-state index is 13.1. The molecule has 7 heteroatoms. The number of benzene rings is 1. The summed E-state index contributed by atoms with van der Waals surface area (Å²) in [6, 6.07) is 12.4. The van der Waals surface area contributed by atoms with Crippen LogP contribution < -0.4 is 0 Å². The molecular weight excluding hydrogens is 450 g/mol. The number of allylic oxidation sites excluding steroid dienone is 2. The Morgan fingerprint density at radius 1 is 1.18 bits per heavy atom. The first-order chi connectivity index (χ1) is 16.6. The number of carboxylic acids is 1. The number of aliphatic carboxylic acids is 1. The molecule has 6 nitrogen and oxygen atoms in total. The van der Waals surface area contributed by atoms with Crippen LogP contribution in [-0.2, 0) is 25.7 Å². The first-order valence-corrected chi connectivity index (χ1v) is 13.0. The van der Waals surface area contributed by atoms with Crippen LogP contribution in [0.1, 0.15) is 37.7 Å². The summed E-state index contributed by atoms with van der Waals surface area (Å²) in [6.07, 6.45) is 6.67. The molecule has 1 saturated carbocycles. The van der Waals surface area contributed by atoms with Crippen LogP contribution in [0.3, 0.4) is 0 Å². The standard InChI is InChI=1S/C27H33NO5S/c29-23-17-24(33-18-20-16-25(34-19-20)21-8-4-3-5-9-21)22(10-6-1-2-7-11-26(30)31)27(23)28-12-14-32-15-13-28/h1-5,8-9,16,19,22,24,27H,6-7,10-15,17-18H2,(H,30,31)/b2-1-/t22-,24-,27+/m0/s1. The molecule has 0 amide bonds. The first-order valence-electron chi connectivity index (χ1n) is 12.1. The highest BCUT2D eigenvalue weighted by molar-refractivity contribution is 7.13. The number of nitrogens with zero attached hydrogens (tertiary/aromatic N) is 1. The third-order valence-corrected chi connectivity index (χ3v) is 7.62. The number of carbonyl (C=O) groups is 2. The molecule has 182 valence electrons. The van der Waals surface area contributed by atoms with Gasteiger partial charge in [-0.05, 0) is 41.8 Å². The lowest BCUT2D eigenvalue weighted by molar-refractivity contribution is -0.136. The van der Waals surface area contributed by atoms with Crippen molar-refractivity contribution < 1.29 is 24.2 Å². The van der Waals surface area contributed by atoms with Gasteiger partial charge in [0.25, 0.3) is 0 Å². The summed E-state index contributed by atoms with van der Waals surface area (Å²) in [5.74, 6) is -0.389. The molecule has 0 radical (unpaired) electrons. The van der Waals surface area contributed by atoms with Crippen LogP contribution in [0.15, 0.2) is 53.9 Å². The van der Waals surface area contributed by atoms with E-state index in [1.54, 1.807) is 11.3 Å². The molecule has 34 heavy (non-hydrogen) atoms. The van der Waals surface area contributed by atoms with Crippen molar-refractivity contribution >= 4 is 23.1 Å². The van der Waals surface area contributed by atoms with Gasteiger partial charge in [0.15, 0.2) is 5.78 Å². The van der Waals surface area contributed by atoms with E-state index < -0.39 is 5.97 Å². The Hall–Kier alpha value is -2.32. The minimum Gasteiger partial charge on any atom is -0.481 e. The normalized spacial score (nSPS) is 23.6. The monoisotopic (exact) mass is 483 g/mol. The molecule has 1 aromatic heterocycles. The summed E-state index contributed by atoms with van der Waals surface area (Å²) in [5.41, 5.74) is 2.34. The van der Waals surface area contributed by atoms with Gasteiger partial charge in [0, 0.05) is 36.7 Å². The zero-order chi connectivity index (χ0) is 23.8. The van der Waals surface area contributed by atoms with E-state index in [0.717, 1.165) is 31.5 Å². The van der Waals surface area contributed by atoms with Crippen LogP contribution in [0.4, 0.5) is 0 Å². The third kappa shape index (κ3) is 6.63. The fourth-order valence-corrected chi connectivity index (χ4v) is 5.81. The van der Waals surface area contributed by atoms with Crippen molar-refractivity contribution in [3.05, 3.63) is 59.5 Å². The van der Waals surface area contributed by atoms with E-state index in [9.17, 15) is 9.59 Å². The first kappa shape index (κ1) is 24.8. The number of rotatable bonds is 11. The quantitative estimate of drug-likeness (QED) is 0.463. The molecule has 2 heterocycles. The lowest BCUT2D eigenvalue weighted by Gasteiger charge is -2.35. The number of morpholine rings is 1. The van der Waals surface area contributed by atoms with E-state index in [-0.39, 0.29) is 30.3 Å². The van der Waals surface area contributed by atoms with Crippen LogP contribution in [0.5, 0.6) is 0 Å².